The van der Waals surface area contributed by atoms with Crippen LogP contribution in [0.3, 0.4) is 0 Å². The fourth-order valence-corrected chi connectivity index (χ4v) is 1.47. The van der Waals surface area contributed by atoms with Gasteiger partial charge in [0.05, 0.1) is 17.8 Å². The lowest BCUT2D eigenvalue weighted by atomic mass is 10.1. The van der Waals surface area contributed by atoms with Crippen molar-refractivity contribution in [1.82, 2.24) is 0 Å². The standard InChI is InChI=1S/C13H18ClNO3/c1-13(2,17-3)6-7-18-12(16)10-5-4-9(14)8-11(10)15/h4-5,8H,6-7,15H2,1-3H3. The van der Waals surface area contributed by atoms with E-state index in [1.165, 1.54) is 6.07 Å². The number of ether oxygens (including phenoxy) is 2. The highest BCUT2D eigenvalue weighted by Crippen LogP contribution is 2.19. The molecule has 1 aromatic carbocycles. The van der Waals surface area contributed by atoms with Crippen molar-refractivity contribution in [3.05, 3.63) is 28.8 Å². The number of hydrogen-bond acceptors (Lipinski definition) is 4. The van der Waals surface area contributed by atoms with Crippen molar-refractivity contribution in [3.8, 4) is 0 Å². The molecule has 0 aliphatic carbocycles. The molecule has 0 amide bonds. The smallest absolute Gasteiger partial charge is 0.340 e. The summed E-state index contributed by atoms with van der Waals surface area (Å²) >= 11 is 5.76. The Balaban J connectivity index is 2.56. The number of rotatable bonds is 5. The largest absolute Gasteiger partial charge is 0.462 e. The number of nitrogen functional groups attached to an aromatic ring is 1. The van der Waals surface area contributed by atoms with Crippen molar-refractivity contribution < 1.29 is 14.3 Å². The van der Waals surface area contributed by atoms with E-state index in [9.17, 15) is 4.79 Å². The molecule has 100 valence electrons. The van der Waals surface area contributed by atoms with Crippen LogP contribution in [0.1, 0.15) is 30.6 Å². The van der Waals surface area contributed by atoms with Gasteiger partial charge >= 0.3 is 5.97 Å². The average molecular weight is 272 g/mol. The average Bonchev–Trinajstić information content (AvgIpc) is 2.28. The van der Waals surface area contributed by atoms with Gasteiger partial charge in [-0.2, -0.15) is 0 Å². The number of hydrogen-bond donors (Lipinski definition) is 1. The van der Waals surface area contributed by atoms with E-state index in [2.05, 4.69) is 0 Å². The van der Waals surface area contributed by atoms with Gasteiger partial charge in [0.2, 0.25) is 0 Å². The fraction of sp³-hybridized carbons (Fsp3) is 0.462. The SMILES string of the molecule is COC(C)(C)CCOC(=O)c1ccc(Cl)cc1N. The monoisotopic (exact) mass is 271 g/mol. The maximum absolute atomic E-state index is 11.8. The van der Waals surface area contributed by atoms with Gasteiger partial charge in [-0.3, -0.25) is 0 Å². The van der Waals surface area contributed by atoms with Crippen LogP contribution in [0.4, 0.5) is 5.69 Å². The summed E-state index contributed by atoms with van der Waals surface area (Å²) in [5.74, 6) is -0.448. The zero-order valence-corrected chi connectivity index (χ0v) is 11.6. The van der Waals surface area contributed by atoms with Gasteiger partial charge in [0.15, 0.2) is 0 Å². The second-order valence-corrected chi connectivity index (χ2v) is 5.02. The lowest BCUT2D eigenvalue weighted by Gasteiger charge is -2.22. The minimum Gasteiger partial charge on any atom is -0.462 e. The third kappa shape index (κ3) is 4.20. The van der Waals surface area contributed by atoms with E-state index in [1.807, 2.05) is 13.8 Å². The summed E-state index contributed by atoms with van der Waals surface area (Å²) < 4.78 is 10.4. The molecule has 18 heavy (non-hydrogen) atoms. The molecule has 0 saturated heterocycles. The van der Waals surface area contributed by atoms with Crippen molar-refractivity contribution in [3.63, 3.8) is 0 Å². The van der Waals surface area contributed by atoms with Crippen LogP contribution >= 0.6 is 11.6 Å². The first-order valence-corrected chi connectivity index (χ1v) is 6.01. The maximum atomic E-state index is 11.8. The van der Waals surface area contributed by atoms with Gasteiger partial charge < -0.3 is 15.2 Å². The first-order valence-electron chi connectivity index (χ1n) is 5.63. The Kier molecular flexibility index (Phi) is 4.99. The third-order valence-electron chi connectivity index (χ3n) is 2.72. The van der Waals surface area contributed by atoms with Gasteiger partial charge in [-0.1, -0.05) is 11.6 Å². The number of methoxy groups -OCH3 is 1. The Hall–Kier alpha value is -1.26. The summed E-state index contributed by atoms with van der Waals surface area (Å²) in [5.41, 5.74) is 6.03. The molecule has 0 aliphatic rings. The van der Waals surface area contributed by atoms with Gasteiger partial charge in [0, 0.05) is 24.2 Å². The van der Waals surface area contributed by atoms with Gasteiger partial charge in [-0.05, 0) is 32.0 Å². The Labute approximate surface area is 112 Å². The molecule has 5 heteroatoms. The van der Waals surface area contributed by atoms with Crippen molar-refractivity contribution >= 4 is 23.3 Å². The van der Waals surface area contributed by atoms with E-state index in [0.717, 1.165) is 0 Å². The minimum absolute atomic E-state index is 0.280. The van der Waals surface area contributed by atoms with E-state index in [1.54, 1.807) is 19.2 Å². The summed E-state index contributed by atoms with van der Waals surface area (Å²) in [6, 6.07) is 4.69. The first-order chi connectivity index (χ1) is 8.35. The lowest BCUT2D eigenvalue weighted by Crippen LogP contribution is -2.25. The van der Waals surface area contributed by atoms with Gasteiger partial charge in [0.1, 0.15) is 0 Å². The number of halogens is 1. The van der Waals surface area contributed by atoms with Crippen LogP contribution in [-0.4, -0.2) is 25.3 Å². The molecule has 0 saturated carbocycles. The third-order valence-corrected chi connectivity index (χ3v) is 2.96. The molecule has 0 radical (unpaired) electrons. The van der Waals surface area contributed by atoms with Gasteiger partial charge in [-0.25, -0.2) is 4.79 Å². The summed E-state index contributed by atoms with van der Waals surface area (Å²) in [5, 5.41) is 0.490. The molecule has 0 fully saturated rings. The summed E-state index contributed by atoms with van der Waals surface area (Å²) in [4.78, 5) is 11.8. The summed E-state index contributed by atoms with van der Waals surface area (Å²) in [6.45, 7) is 4.14. The van der Waals surface area contributed by atoms with Gasteiger partial charge in [0.25, 0.3) is 0 Å². The zero-order chi connectivity index (χ0) is 13.8. The van der Waals surface area contributed by atoms with Gasteiger partial charge in [-0.15, -0.1) is 0 Å². The minimum atomic E-state index is -0.448. The number of anilines is 1. The van der Waals surface area contributed by atoms with Crippen LogP contribution in [0.15, 0.2) is 18.2 Å². The number of carbonyl (C=O) groups is 1. The van der Waals surface area contributed by atoms with Crippen molar-refractivity contribution in [2.24, 2.45) is 0 Å². The van der Waals surface area contributed by atoms with E-state index in [4.69, 9.17) is 26.8 Å². The molecule has 4 nitrogen and oxygen atoms in total. The van der Waals surface area contributed by atoms with Crippen LogP contribution in [0.5, 0.6) is 0 Å². The molecule has 0 aliphatic heterocycles. The van der Waals surface area contributed by atoms with Crippen LogP contribution in [0.25, 0.3) is 0 Å². The van der Waals surface area contributed by atoms with E-state index < -0.39 is 5.97 Å². The molecular formula is C13H18ClNO3. The molecule has 0 atom stereocenters. The molecule has 0 aromatic heterocycles. The number of carbonyl (C=O) groups excluding carboxylic acids is 1. The summed E-state index contributed by atoms with van der Waals surface area (Å²) in [7, 11) is 1.62. The second-order valence-electron chi connectivity index (χ2n) is 4.58. The Morgan fingerprint density at radius 1 is 1.44 bits per heavy atom. The Morgan fingerprint density at radius 3 is 2.67 bits per heavy atom. The molecule has 2 N–H and O–H groups in total. The normalized spacial score (nSPS) is 11.3. The predicted molar refractivity (Wildman–Crippen MR) is 71.9 cm³/mol. The zero-order valence-electron chi connectivity index (χ0n) is 10.8. The van der Waals surface area contributed by atoms with Crippen LogP contribution in [0, 0.1) is 0 Å². The molecule has 1 aromatic rings. The van der Waals surface area contributed by atoms with E-state index in [0.29, 0.717) is 22.7 Å². The van der Waals surface area contributed by atoms with E-state index >= 15 is 0 Å². The lowest BCUT2D eigenvalue weighted by molar-refractivity contribution is -0.00559. The highest BCUT2D eigenvalue weighted by atomic mass is 35.5. The highest BCUT2D eigenvalue weighted by molar-refractivity contribution is 6.31. The molecule has 0 bridgehead atoms. The van der Waals surface area contributed by atoms with E-state index in [-0.39, 0.29) is 12.2 Å². The number of nitrogens with two attached hydrogens (primary N) is 1. The second kappa shape index (κ2) is 6.07. The molecule has 0 unspecified atom stereocenters. The number of esters is 1. The number of benzene rings is 1. The first kappa shape index (κ1) is 14.8. The van der Waals surface area contributed by atoms with Crippen molar-refractivity contribution in [2.75, 3.05) is 19.5 Å². The van der Waals surface area contributed by atoms with Crippen LogP contribution < -0.4 is 5.73 Å². The maximum Gasteiger partial charge on any atom is 0.340 e. The molecule has 1 rings (SSSR count). The quantitative estimate of drug-likeness (QED) is 0.661. The van der Waals surface area contributed by atoms with Crippen LogP contribution in [0.2, 0.25) is 5.02 Å². The predicted octanol–water partition coefficient (Wildman–Crippen LogP) is 2.89. The van der Waals surface area contributed by atoms with Crippen molar-refractivity contribution in [2.45, 2.75) is 25.9 Å². The topological polar surface area (TPSA) is 61.5 Å². The van der Waals surface area contributed by atoms with Crippen molar-refractivity contribution in [1.29, 1.82) is 0 Å². The fourth-order valence-electron chi connectivity index (χ4n) is 1.29. The van der Waals surface area contributed by atoms with Crippen LogP contribution in [-0.2, 0) is 9.47 Å². The summed E-state index contributed by atoms with van der Waals surface area (Å²) in [6.07, 6.45) is 0.614. The molecule has 0 spiro atoms. The molecular weight excluding hydrogens is 254 g/mol. The highest BCUT2D eigenvalue weighted by Gasteiger charge is 2.18. The molecule has 0 heterocycles. The Morgan fingerprint density at radius 2 is 2.11 bits per heavy atom. The Bertz CT molecular complexity index is 432.